The lowest BCUT2D eigenvalue weighted by Gasteiger charge is -2.26. The number of fused-ring (bicyclic) bond motifs is 1. The second-order valence-electron chi connectivity index (χ2n) is 5.75. The zero-order chi connectivity index (χ0) is 19.0. The molecule has 5 nitrogen and oxygen atoms in total. The van der Waals surface area contributed by atoms with Gasteiger partial charge in [-0.3, -0.25) is 0 Å². The van der Waals surface area contributed by atoms with Crippen LogP contribution in [0.4, 0.5) is 14.7 Å². The highest BCUT2D eigenvalue weighted by Gasteiger charge is 2.27. The predicted octanol–water partition coefficient (Wildman–Crippen LogP) is 5.30. The fraction of sp³-hybridized carbons (Fsp3) is 0.111. The van der Waals surface area contributed by atoms with Gasteiger partial charge in [-0.05, 0) is 64.6 Å². The van der Waals surface area contributed by atoms with Gasteiger partial charge in [-0.2, -0.15) is 18.9 Å². The molecule has 9 heteroatoms. The summed E-state index contributed by atoms with van der Waals surface area (Å²) in [6, 6.07) is 12.4. The van der Waals surface area contributed by atoms with Crippen LogP contribution >= 0.6 is 38.5 Å². The molecule has 0 saturated heterocycles. The Bertz CT molecular complexity index is 1010. The molecule has 1 aromatic heterocycles. The lowest BCUT2D eigenvalue weighted by molar-refractivity contribution is -0.0506. The van der Waals surface area contributed by atoms with Crippen molar-refractivity contribution in [3.05, 3.63) is 74.0 Å². The molecule has 0 fully saturated rings. The Hall–Kier alpha value is -2.01. The van der Waals surface area contributed by atoms with E-state index in [0.717, 1.165) is 19.3 Å². The van der Waals surface area contributed by atoms with Gasteiger partial charge in [-0.25, -0.2) is 4.68 Å². The average Bonchev–Trinajstić information content (AvgIpc) is 3.11. The summed E-state index contributed by atoms with van der Waals surface area (Å²) in [6.45, 7) is -2.92. The zero-order valence-corrected chi connectivity index (χ0v) is 17.4. The minimum atomic E-state index is -2.92. The van der Waals surface area contributed by atoms with E-state index in [9.17, 15) is 8.78 Å². The number of aromatic nitrogens is 3. The van der Waals surface area contributed by atoms with Gasteiger partial charge in [-0.15, -0.1) is 0 Å². The molecule has 0 bridgehead atoms. The number of hydrogen-bond acceptors (Lipinski definition) is 4. The first-order valence-corrected chi connectivity index (χ1v) is 9.77. The molecule has 1 N–H and O–H groups in total. The van der Waals surface area contributed by atoms with E-state index in [0.29, 0.717) is 11.5 Å². The molecule has 1 aliphatic rings. The molecule has 0 spiro atoms. The van der Waals surface area contributed by atoms with Crippen molar-refractivity contribution in [2.45, 2.75) is 12.7 Å². The highest BCUT2D eigenvalue weighted by atomic mass is 127. The molecular weight excluding hydrogens is 533 g/mol. The normalized spacial score (nSPS) is 15.9. The van der Waals surface area contributed by atoms with Gasteiger partial charge < -0.3 is 10.1 Å². The maximum Gasteiger partial charge on any atom is 0.387 e. The van der Waals surface area contributed by atoms with Crippen molar-refractivity contribution >= 4 is 50.2 Å². The molecule has 0 unspecified atom stereocenters. The predicted molar refractivity (Wildman–Crippen MR) is 110 cm³/mol. The zero-order valence-electron chi connectivity index (χ0n) is 13.6. The summed E-state index contributed by atoms with van der Waals surface area (Å²) < 4.78 is 34.0. The third-order valence-electron chi connectivity index (χ3n) is 4.07. The van der Waals surface area contributed by atoms with Gasteiger partial charge in [-0.1, -0.05) is 28.1 Å². The Morgan fingerprint density at radius 2 is 1.96 bits per heavy atom. The topological polar surface area (TPSA) is 52.0 Å². The molecule has 4 rings (SSSR count). The SMILES string of the molecule is FC(F)Oc1ccc(Br)cc1[C@H]1C=C(c2ccc(I)cc2)Nc2ncnn21. The van der Waals surface area contributed by atoms with Crippen LogP contribution < -0.4 is 10.1 Å². The lowest BCUT2D eigenvalue weighted by Crippen LogP contribution is -2.21. The van der Waals surface area contributed by atoms with Crippen molar-refractivity contribution in [1.82, 2.24) is 14.8 Å². The van der Waals surface area contributed by atoms with Crippen LogP contribution in [0.25, 0.3) is 5.70 Å². The first-order chi connectivity index (χ1) is 13.0. The first kappa shape index (κ1) is 18.4. The van der Waals surface area contributed by atoms with Crippen LogP contribution in [0.3, 0.4) is 0 Å². The minimum absolute atomic E-state index is 0.0970. The average molecular weight is 545 g/mol. The van der Waals surface area contributed by atoms with E-state index in [1.54, 1.807) is 16.8 Å². The van der Waals surface area contributed by atoms with Crippen molar-refractivity contribution in [2.24, 2.45) is 0 Å². The van der Waals surface area contributed by atoms with Crippen molar-refractivity contribution < 1.29 is 13.5 Å². The van der Waals surface area contributed by atoms with Crippen LogP contribution in [-0.2, 0) is 0 Å². The van der Waals surface area contributed by atoms with Gasteiger partial charge in [0.25, 0.3) is 0 Å². The molecule has 138 valence electrons. The maximum absolute atomic E-state index is 12.9. The molecule has 0 amide bonds. The second kappa shape index (κ2) is 7.55. The summed E-state index contributed by atoms with van der Waals surface area (Å²) in [5.74, 6) is 0.624. The molecule has 3 aromatic rings. The molecule has 1 atom stereocenters. The van der Waals surface area contributed by atoms with Crippen LogP contribution in [-0.4, -0.2) is 21.4 Å². The Morgan fingerprint density at radius 3 is 2.70 bits per heavy atom. The highest BCUT2D eigenvalue weighted by molar-refractivity contribution is 14.1. The molecule has 0 saturated carbocycles. The van der Waals surface area contributed by atoms with Gasteiger partial charge in [0.05, 0.1) is 0 Å². The van der Waals surface area contributed by atoms with Crippen molar-refractivity contribution in [1.29, 1.82) is 0 Å². The standard InChI is InChI=1S/C18H12BrF2IN4O/c19-11-3-6-16(27-17(20)21)13(7-11)15-8-14(10-1-4-12(22)5-2-10)25-18-23-9-24-26(15)18/h1-9,15,17H,(H,23,24,25)/t15-/m1/s1. The van der Waals surface area contributed by atoms with Crippen LogP contribution in [0.15, 0.2) is 59.3 Å². The van der Waals surface area contributed by atoms with Crippen LogP contribution in [0.1, 0.15) is 17.2 Å². The fourth-order valence-corrected chi connectivity index (χ4v) is 3.65. The maximum atomic E-state index is 12.9. The van der Waals surface area contributed by atoms with Gasteiger partial charge >= 0.3 is 6.61 Å². The Kier molecular flexibility index (Phi) is 5.13. The number of ether oxygens (including phenoxy) is 1. The van der Waals surface area contributed by atoms with E-state index in [1.807, 2.05) is 30.3 Å². The van der Waals surface area contributed by atoms with Crippen molar-refractivity contribution in [3.63, 3.8) is 0 Å². The summed E-state index contributed by atoms with van der Waals surface area (Å²) in [6.07, 6.45) is 3.34. The largest absolute Gasteiger partial charge is 0.434 e. The number of allylic oxidation sites excluding steroid dienone is 1. The summed E-state index contributed by atoms with van der Waals surface area (Å²) in [7, 11) is 0. The summed E-state index contributed by atoms with van der Waals surface area (Å²) in [4.78, 5) is 4.24. The number of hydrogen-bond donors (Lipinski definition) is 1. The Morgan fingerprint density at radius 1 is 1.19 bits per heavy atom. The number of benzene rings is 2. The molecule has 0 aliphatic carbocycles. The molecule has 27 heavy (non-hydrogen) atoms. The van der Waals surface area contributed by atoms with E-state index in [1.165, 1.54) is 12.4 Å². The molecule has 2 heterocycles. The smallest absolute Gasteiger partial charge is 0.387 e. The van der Waals surface area contributed by atoms with Crippen LogP contribution in [0.5, 0.6) is 5.75 Å². The number of halogens is 4. The van der Waals surface area contributed by atoms with Crippen LogP contribution in [0.2, 0.25) is 0 Å². The Labute approximate surface area is 175 Å². The monoisotopic (exact) mass is 544 g/mol. The van der Waals surface area contributed by atoms with E-state index in [4.69, 9.17) is 4.74 Å². The molecule has 0 radical (unpaired) electrons. The number of alkyl halides is 2. The van der Waals surface area contributed by atoms with Crippen molar-refractivity contribution in [3.8, 4) is 5.75 Å². The first-order valence-electron chi connectivity index (χ1n) is 7.90. The van der Waals surface area contributed by atoms with E-state index < -0.39 is 12.7 Å². The van der Waals surface area contributed by atoms with E-state index >= 15 is 0 Å². The molecule has 2 aromatic carbocycles. The van der Waals surface area contributed by atoms with E-state index in [2.05, 4.69) is 53.9 Å². The number of nitrogens with zero attached hydrogens (tertiary/aromatic N) is 3. The number of rotatable bonds is 4. The number of nitrogens with one attached hydrogen (secondary N) is 1. The third-order valence-corrected chi connectivity index (χ3v) is 5.28. The molecule has 1 aliphatic heterocycles. The molecular formula is C18H12BrF2IN4O. The quantitative estimate of drug-likeness (QED) is 0.453. The Balaban J connectivity index is 1.83. The van der Waals surface area contributed by atoms with Crippen molar-refractivity contribution in [2.75, 3.05) is 5.32 Å². The van der Waals surface area contributed by atoms with Crippen LogP contribution in [0, 0.1) is 3.57 Å². The number of anilines is 1. The summed E-state index contributed by atoms with van der Waals surface area (Å²) >= 11 is 5.64. The minimum Gasteiger partial charge on any atom is -0.434 e. The fourth-order valence-electron chi connectivity index (χ4n) is 2.91. The second-order valence-corrected chi connectivity index (χ2v) is 7.91. The van der Waals surface area contributed by atoms with E-state index in [-0.39, 0.29) is 5.75 Å². The third kappa shape index (κ3) is 3.84. The van der Waals surface area contributed by atoms with Gasteiger partial charge in [0.1, 0.15) is 18.1 Å². The lowest BCUT2D eigenvalue weighted by atomic mass is 10.0. The van der Waals surface area contributed by atoms with Gasteiger partial charge in [0.15, 0.2) is 0 Å². The summed E-state index contributed by atoms with van der Waals surface area (Å²) in [5, 5.41) is 7.48. The van der Waals surface area contributed by atoms with Gasteiger partial charge in [0, 0.05) is 19.3 Å². The summed E-state index contributed by atoms with van der Waals surface area (Å²) in [5.41, 5.74) is 2.33. The van der Waals surface area contributed by atoms with Gasteiger partial charge in [0.2, 0.25) is 5.95 Å². The highest BCUT2D eigenvalue weighted by Crippen LogP contribution is 2.38.